The van der Waals surface area contributed by atoms with Crippen LogP contribution in [-0.2, 0) is 5.41 Å². The Morgan fingerprint density at radius 3 is 1.60 bits per heavy atom. The number of hydrogen-bond donors (Lipinski definition) is 1. The Kier molecular flexibility index (Phi) is 5.65. The Hall–Kier alpha value is -6.45. The number of para-hydroxylation sites is 2. The lowest BCUT2D eigenvalue weighted by Gasteiger charge is -2.38. The van der Waals surface area contributed by atoms with Crippen LogP contribution in [-0.4, -0.2) is 10.4 Å². The molecular formula is C47H31N3. The summed E-state index contributed by atoms with van der Waals surface area (Å²) in [5.74, 6) is 0.887. The summed E-state index contributed by atoms with van der Waals surface area (Å²) < 4.78 is 2.36. The van der Waals surface area contributed by atoms with Gasteiger partial charge >= 0.3 is 0 Å². The minimum absolute atomic E-state index is 0.0951. The van der Waals surface area contributed by atoms with Gasteiger partial charge in [-0.15, -0.1) is 0 Å². The zero-order chi connectivity index (χ0) is 32.8. The molecule has 7 aromatic carbocycles. The molecule has 2 heterocycles. The normalized spacial score (nSPS) is 16.6. The van der Waals surface area contributed by atoms with Crippen LogP contribution in [0.3, 0.4) is 0 Å². The summed E-state index contributed by atoms with van der Waals surface area (Å²) in [6.07, 6.45) is 0. The van der Waals surface area contributed by atoms with Gasteiger partial charge in [-0.25, -0.2) is 4.99 Å². The molecule has 0 saturated carbocycles. The van der Waals surface area contributed by atoms with E-state index < -0.39 is 5.41 Å². The van der Waals surface area contributed by atoms with Crippen LogP contribution in [0.1, 0.15) is 39.4 Å². The zero-order valence-electron chi connectivity index (χ0n) is 27.2. The molecule has 0 amide bonds. The van der Waals surface area contributed by atoms with Gasteiger partial charge < -0.3 is 9.88 Å². The summed E-state index contributed by atoms with van der Waals surface area (Å²) in [4.78, 5) is 5.57. The van der Waals surface area contributed by atoms with Crippen LogP contribution in [0.4, 0.5) is 0 Å². The van der Waals surface area contributed by atoms with Crippen molar-refractivity contribution in [2.24, 2.45) is 4.99 Å². The molecule has 8 aromatic rings. The van der Waals surface area contributed by atoms with E-state index in [9.17, 15) is 0 Å². The average Bonchev–Trinajstić information content (AvgIpc) is 3.80. The topological polar surface area (TPSA) is 29.3 Å². The second-order valence-corrected chi connectivity index (χ2v) is 13.5. The van der Waals surface area contributed by atoms with E-state index in [-0.39, 0.29) is 6.04 Å². The van der Waals surface area contributed by atoms with Crippen LogP contribution in [0.5, 0.6) is 0 Å². The second-order valence-electron chi connectivity index (χ2n) is 13.5. The average molecular weight is 638 g/mol. The fraction of sp³-hybridized carbons (Fsp3) is 0.0426. The Balaban J connectivity index is 1.14. The van der Waals surface area contributed by atoms with Gasteiger partial charge in [-0.3, -0.25) is 0 Å². The molecule has 1 atom stereocenters. The predicted octanol–water partition coefficient (Wildman–Crippen LogP) is 10.6. The molecule has 1 unspecified atom stereocenters. The number of fused-ring (bicyclic) bond motifs is 12. The second kappa shape index (κ2) is 10.3. The standard InChI is InChI=1S/C47H31N3/c1-2-14-30(15-3-1)44-43-45(37-20-6-11-23-40(37)47(43)38-21-9-4-16-33(38)34-17-5-10-22-39(34)47)49-46(48-44)31-26-28-32(29-27-31)50-41-24-12-7-18-35(41)36-19-8-13-25-42(36)50/h1-29,44H,(H,48,49). The van der Waals surface area contributed by atoms with Crippen molar-refractivity contribution in [1.29, 1.82) is 0 Å². The Morgan fingerprint density at radius 1 is 0.480 bits per heavy atom. The van der Waals surface area contributed by atoms with Crippen molar-refractivity contribution in [1.82, 2.24) is 9.88 Å². The third-order valence-electron chi connectivity index (χ3n) is 11.1. The van der Waals surface area contributed by atoms with E-state index in [1.807, 2.05) is 0 Å². The molecule has 1 N–H and O–H groups in total. The summed E-state index contributed by atoms with van der Waals surface area (Å²) in [6.45, 7) is 0. The van der Waals surface area contributed by atoms with Gasteiger partial charge in [0.05, 0.1) is 28.2 Å². The molecule has 3 aliphatic rings. The summed E-state index contributed by atoms with van der Waals surface area (Å²) in [5, 5.41) is 6.53. The molecule has 0 radical (unpaired) electrons. The summed E-state index contributed by atoms with van der Waals surface area (Å²) in [5.41, 5.74) is 15.5. The maximum atomic E-state index is 5.57. The molecule has 1 aromatic heterocycles. The lowest BCUT2D eigenvalue weighted by Crippen LogP contribution is -2.40. The quantitative estimate of drug-likeness (QED) is 0.205. The smallest absolute Gasteiger partial charge is 0.134 e. The highest BCUT2D eigenvalue weighted by Crippen LogP contribution is 2.64. The van der Waals surface area contributed by atoms with Crippen molar-refractivity contribution in [2.45, 2.75) is 11.5 Å². The molecule has 0 fully saturated rings. The molecular weight excluding hydrogens is 607 g/mol. The number of aromatic nitrogens is 1. The summed E-state index contributed by atoms with van der Waals surface area (Å²) in [6, 6.07) is 63.9. The van der Waals surface area contributed by atoms with Crippen LogP contribution in [0.25, 0.3) is 44.3 Å². The van der Waals surface area contributed by atoms with E-state index in [1.54, 1.807) is 0 Å². The fourth-order valence-corrected chi connectivity index (χ4v) is 9.14. The van der Waals surface area contributed by atoms with E-state index >= 15 is 0 Å². The zero-order valence-corrected chi connectivity index (χ0v) is 27.2. The van der Waals surface area contributed by atoms with Crippen molar-refractivity contribution in [3.8, 4) is 16.8 Å². The van der Waals surface area contributed by atoms with E-state index in [2.05, 4.69) is 186 Å². The van der Waals surface area contributed by atoms with Crippen molar-refractivity contribution in [2.75, 3.05) is 0 Å². The van der Waals surface area contributed by atoms with Crippen LogP contribution in [0.15, 0.2) is 186 Å². The number of amidine groups is 1. The highest BCUT2D eigenvalue weighted by Gasteiger charge is 2.56. The Labute approximate surface area is 290 Å². The highest BCUT2D eigenvalue weighted by atomic mass is 15.1. The minimum atomic E-state index is -0.456. The molecule has 3 heteroatoms. The van der Waals surface area contributed by atoms with Crippen molar-refractivity contribution in [3.05, 3.63) is 215 Å². The SMILES string of the molecule is c1ccc(C2NC(c3ccc(-n4c5ccccc5c5ccccc54)cc3)=NC3=C2C2(c4ccccc43)c3ccccc3-c3ccccc32)cc1. The third-order valence-corrected chi connectivity index (χ3v) is 11.1. The van der Waals surface area contributed by atoms with E-state index in [0.717, 1.165) is 22.8 Å². The summed E-state index contributed by atoms with van der Waals surface area (Å²) in [7, 11) is 0. The van der Waals surface area contributed by atoms with E-state index in [1.165, 1.54) is 66.3 Å². The summed E-state index contributed by atoms with van der Waals surface area (Å²) >= 11 is 0. The molecule has 1 spiro atoms. The maximum absolute atomic E-state index is 5.57. The molecule has 0 bridgehead atoms. The van der Waals surface area contributed by atoms with Gasteiger partial charge in [-0.2, -0.15) is 0 Å². The van der Waals surface area contributed by atoms with Gasteiger partial charge in [-0.05, 0) is 69.8 Å². The van der Waals surface area contributed by atoms with Crippen molar-refractivity contribution < 1.29 is 0 Å². The van der Waals surface area contributed by atoms with Gasteiger partial charge in [0.2, 0.25) is 0 Å². The number of nitrogens with zero attached hydrogens (tertiary/aromatic N) is 2. The molecule has 234 valence electrons. The first-order valence-corrected chi connectivity index (χ1v) is 17.4. The van der Waals surface area contributed by atoms with Crippen LogP contribution < -0.4 is 5.32 Å². The first-order chi connectivity index (χ1) is 24.8. The van der Waals surface area contributed by atoms with Crippen molar-refractivity contribution in [3.63, 3.8) is 0 Å². The number of hydrogen-bond acceptors (Lipinski definition) is 2. The van der Waals surface area contributed by atoms with Crippen LogP contribution in [0, 0.1) is 0 Å². The van der Waals surface area contributed by atoms with E-state index in [0.29, 0.717) is 0 Å². The molecule has 0 saturated heterocycles. The molecule has 11 rings (SSSR count). The highest BCUT2D eigenvalue weighted by molar-refractivity contribution is 6.10. The first-order valence-electron chi connectivity index (χ1n) is 17.4. The third kappa shape index (κ3) is 3.56. The lowest BCUT2D eigenvalue weighted by molar-refractivity contribution is 0.624. The van der Waals surface area contributed by atoms with Crippen LogP contribution >= 0.6 is 0 Å². The fourth-order valence-electron chi connectivity index (χ4n) is 9.14. The Bertz CT molecular complexity index is 2630. The minimum Gasteiger partial charge on any atom is -0.359 e. The van der Waals surface area contributed by atoms with Crippen LogP contribution in [0.2, 0.25) is 0 Å². The van der Waals surface area contributed by atoms with Crippen molar-refractivity contribution >= 4 is 33.3 Å². The monoisotopic (exact) mass is 637 g/mol. The predicted molar refractivity (Wildman–Crippen MR) is 205 cm³/mol. The molecule has 50 heavy (non-hydrogen) atoms. The molecule has 1 aliphatic heterocycles. The maximum Gasteiger partial charge on any atom is 0.134 e. The number of aliphatic imine (C=N–C) groups is 1. The largest absolute Gasteiger partial charge is 0.359 e. The number of benzene rings is 7. The van der Waals surface area contributed by atoms with Gasteiger partial charge in [0.25, 0.3) is 0 Å². The van der Waals surface area contributed by atoms with E-state index in [4.69, 9.17) is 4.99 Å². The lowest BCUT2D eigenvalue weighted by atomic mass is 9.67. The first kappa shape index (κ1) is 27.5. The Morgan fingerprint density at radius 2 is 0.980 bits per heavy atom. The van der Waals surface area contributed by atoms with Gasteiger partial charge in [0.15, 0.2) is 0 Å². The van der Waals surface area contributed by atoms with Gasteiger partial charge in [0, 0.05) is 33.2 Å². The number of nitrogens with one attached hydrogen (secondary N) is 1. The number of rotatable bonds is 3. The van der Waals surface area contributed by atoms with Gasteiger partial charge in [0.1, 0.15) is 5.84 Å². The molecule has 2 aliphatic carbocycles. The van der Waals surface area contributed by atoms with Gasteiger partial charge in [-0.1, -0.05) is 140 Å². The molecule has 3 nitrogen and oxygen atoms in total.